The van der Waals surface area contributed by atoms with Gasteiger partial charge in [0.15, 0.2) is 0 Å². The number of azide groups is 1. The van der Waals surface area contributed by atoms with Crippen molar-refractivity contribution >= 4 is 21.2 Å². The topological polar surface area (TPSA) is 146 Å². The molecule has 0 saturated heterocycles. The molecule has 0 aliphatic rings. The van der Waals surface area contributed by atoms with Crippen LogP contribution >= 0.6 is 15.2 Å². The zero-order valence-corrected chi connectivity index (χ0v) is 18.2. The number of carbonyl (C=O) groups excluding carboxylic acids is 1. The largest absolute Gasteiger partial charge is 0.433 e. The highest BCUT2D eigenvalue weighted by Crippen LogP contribution is 2.79. The van der Waals surface area contributed by atoms with Crippen molar-refractivity contribution in [2.75, 3.05) is 33.0 Å². The van der Waals surface area contributed by atoms with E-state index in [4.69, 9.17) is 28.4 Å². The van der Waals surface area contributed by atoms with Gasteiger partial charge in [-0.2, -0.15) is 0 Å². The van der Waals surface area contributed by atoms with Crippen molar-refractivity contribution in [3.8, 4) is 0 Å². The average molecular weight is 429 g/mol. The van der Waals surface area contributed by atoms with Crippen LogP contribution in [-0.4, -0.2) is 44.0 Å². The van der Waals surface area contributed by atoms with Crippen LogP contribution in [0.5, 0.6) is 0 Å². The van der Waals surface area contributed by atoms with Crippen LogP contribution in [0.25, 0.3) is 10.4 Å². The Morgan fingerprint density at radius 3 is 1.67 bits per heavy atom. The number of ether oxygens (including phenoxy) is 1. The second-order valence-electron chi connectivity index (χ2n) is 5.06. The predicted molar refractivity (Wildman–Crippen MR) is 99.5 cm³/mol. The van der Waals surface area contributed by atoms with Crippen LogP contribution in [0.2, 0.25) is 0 Å². The van der Waals surface area contributed by atoms with E-state index < -0.39 is 26.2 Å². The Balaban J connectivity index is 6.60. The van der Waals surface area contributed by atoms with Crippen molar-refractivity contribution in [3.05, 3.63) is 10.4 Å². The molecular weight excluding hydrogens is 400 g/mol. The van der Waals surface area contributed by atoms with E-state index >= 15 is 0 Å². The first-order valence-electron chi connectivity index (χ1n) is 8.71. The number of hydrogen-bond acceptors (Lipinski definition) is 9. The van der Waals surface area contributed by atoms with Gasteiger partial charge < -0.3 is 22.8 Å². The highest BCUT2D eigenvalue weighted by molar-refractivity contribution is 7.74. The summed E-state index contributed by atoms with van der Waals surface area (Å²) in [6.45, 7) is 7.08. The Morgan fingerprint density at radius 1 is 0.963 bits per heavy atom. The lowest BCUT2D eigenvalue weighted by Crippen LogP contribution is -2.38. The zero-order valence-electron chi connectivity index (χ0n) is 16.5. The van der Waals surface area contributed by atoms with Crippen LogP contribution in [0.15, 0.2) is 5.11 Å². The summed E-state index contributed by atoms with van der Waals surface area (Å²) in [5.41, 5.74) is 8.46. The van der Waals surface area contributed by atoms with E-state index in [0.717, 1.165) is 6.92 Å². The third-order valence-corrected chi connectivity index (χ3v) is 9.39. The summed E-state index contributed by atoms with van der Waals surface area (Å²) in [7, 11) is -8.67. The van der Waals surface area contributed by atoms with Crippen molar-refractivity contribution in [1.29, 1.82) is 0 Å². The molecule has 27 heavy (non-hydrogen) atoms. The van der Waals surface area contributed by atoms with Crippen LogP contribution < -0.4 is 0 Å². The SMILES string of the molecule is CCOP(=O)(OCC)C(CCCN=[N+]=[N-])(OC(C)=O)P(=O)(OCC)OCC. The van der Waals surface area contributed by atoms with E-state index in [1.807, 2.05) is 0 Å². The second kappa shape index (κ2) is 12.5. The smallest absolute Gasteiger partial charge is 0.386 e. The van der Waals surface area contributed by atoms with Crippen LogP contribution in [0.1, 0.15) is 47.5 Å². The maximum absolute atomic E-state index is 13.7. The van der Waals surface area contributed by atoms with Gasteiger partial charge in [-0.1, -0.05) is 5.11 Å². The summed E-state index contributed by atoms with van der Waals surface area (Å²) >= 11 is 0. The molecule has 0 bridgehead atoms. The Kier molecular flexibility index (Phi) is 12.1. The number of nitrogens with zero attached hydrogens (tertiary/aromatic N) is 3. The monoisotopic (exact) mass is 429 g/mol. The second-order valence-corrected chi connectivity index (χ2v) is 9.88. The van der Waals surface area contributed by atoms with E-state index in [1.54, 1.807) is 27.7 Å². The lowest BCUT2D eigenvalue weighted by atomic mass is 10.3. The summed E-state index contributed by atoms with van der Waals surface area (Å²) in [6, 6.07) is 0. The Bertz CT molecular complexity index is 559. The lowest BCUT2D eigenvalue weighted by Gasteiger charge is -2.41. The van der Waals surface area contributed by atoms with Crippen molar-refractivity contribution in [2.45, 2.75) is 52.5 Å². The first-order valence-corrected chi connectivity index (χ1v) is 11.8. The molecule has 0 aromatic rings. The Hall–Kier alpha value is -0.920. The molecule has 0 amide bonds. The van der Waals surface area contributed by atoms with Gasteiger partial charge in [0.2, 0.25) is 0 Å². The van der Waals surface area contributed by atoms with Crippen molar-refractivity contribution in [2.24, 2.45) is 5.11 Å². The first kappa shape index (κ1) is 26.1. The molecule has 0 spiro atoms. The summed E-state index contributed by atoms with van der Waals surface area (Å²) in [4.78, 5) is 14.5. The lowest BCUT2D eigenvalue weighted by molar-refractivity contribution is -0.148. The van der Waals surface area contributed by atoms with Gasteiger partial charge in [0.1, 0.15) is 0 Å². The molecule has 0 N–H and O–H groups in total. The predicted octanol–water partition coefficient (Wildman–Crippen LogP) is 4.83. The molecule has 0 unspecified atom stereocenters. The third-order valence-electron chi connectivity index (χ3n) is 3.18. The standard InChI is InChI=1S/C14H29N3O8P2/c1-6-21-26(19,22-7-2)14(25-13(5)18,11-10-12-16-17-15)27(20,23-8-3)24-9-4/h6-12H2,1-5H3. The summed E-state index contributed by atoms with van der Waals surface area (Å²) in [5.74, 6) is -0.863. The van der Waals surface area contributed by atoms with E-state index in [-0.39, 0.29) is 45.8 Å². The van der Waals surface area contributed by atoms with Gasteiger partial charge in [0.25, 0.3) is 0 Å². The number of hydrogen-bond donors (Lipinski definition) is 0. The minimum atomic E-state index is -4.33. The van der Waals surface area contributed by atoms with Crippen molar-refractivity contribution < 1.29 is 36.8 Å². The van der Waals surface area contributed by atoms with Crippen LogP contribution in [0.4, 0.5) is 0 Å². The van der Waals surface area contributed by atoms with Gasteiger partial charge in [-0.25, -0.2) is 0 Å². The van der Waals surface area contributed by atoms with Gasteiger partial charge in [-0.05, 0) is 39.6 Å². The molecule has 0 saturated carbocycles. The average Bonchev–Trinajstić information content (AvgIpc) is 2.58. The first-order chi connectivity index (χ1) is 12.7. The fourth-order valence-corrected chi connectivity index (χ4v) is 7.95. The molecule has 0 aromatic heterocycles. The normalized spacial score (nSPS) is 12.5. The fourth-order valence-electron chi connectivity index (χ4n) is 2.40. The maximum atomic E-state index is 13.7. The third kappa shape index (κ3) is 6.57. The van der Waals surface area contributed by atoms with Crippen LogP contribution in [0, 0.1) is 0 Å². The Morgan fingerprint density at radius 2 is 1.37 bits per heavy atom. The van der Waals surface area contributed by atoms with Gasteiger partial charge in [0, 0.05) is 24.8 Å². The van der Waals surface area contributed by atoms with Crippen LogP contribution in [-0.2, 0) is 36.8 Å². The van der Waals surface area contributed by atoms with E-state index in [2.05, 4.69) is 10.0 Å². The number of rotatable bonds is 15. The van der Waals surface area contributed by atoms with Crippen LogP contribution in [0.3, 0.4) is 0 Å². The molecular formula is C14H29N3O8P2. The quantitative estimate of drug-likeness (QED) is 0.0898. The fraction of sp³-hybridized carbons (Fsp3) is 0.929. The molecule has 0 heterocycles. The van der Waals surface area contributed by atoms with E-state index in [1.165, 1.54) is 0 Å². The molecule has 0 aliphatic heterocycles. The molecule has 13 heteroatoms. The van der Waals surface area contributed by atoms with Gasteiger partial charge in [-0.3, -0.25) is 13.9 Å². The maximum Gasteiger partial charge on any atom is 0.386 e. The van der Waals surface area contributed by atoms with Crippen molar-refractivity contribution in [3.63, 3.8) is 0 Å². The summed E-state index contributed by atoms with van der Waals surface area (Å²) < 4.78 is 54.1. The molecule has 0 rings (SSSR count). The molecule has 11 nitrogen and oxygen atoms in total. The number of carbonyl (C=O) groups is 1. The van der Waals surface area contributed by atoms with Gasteiger partial charge >= 0.3 is 26.2 Å². The van der Waals surface area contributed by atoms with E-state index in [0.29, 0.717) is 0 Å². The number of esters is 1. The van der Waals surface area contributed by atoms with E-state index in [9.17, 15) is 13.9 Å². The molecule has 0 atom stereocenters. The summed E-state index contributed by atoms with van der Waals surface area (Å²) in [6.07, 6.45) is -0.203. The minimum Gasteiger partial charge on any atom is -0.433 e. The molecule has 0 aromatic carbocycles. The highest BCUT2D eigenvalue weighted by Gasteiger charge is 2.68. The molecule has 0 fully saturated rings. The minimum absolute atomic E-state index is 0.0178. The molecule has 0 radical (unpaired) electrons. The molecule has 0 aliphatic carbocycles. The van der Waals surface area contributed by atoms with Gasteiger partial charge in [-0.15, -0.1) is 0 Å². The Labute approximate surface area is 159 Å². The molecule has 158 valence electrons. The van der Waals surface area contributed by atoms with Crippen molar-refractivity contribution in [1.82, 2.24) is 0 Å². The van der Waals surface area contributed by atoms with Gasteiger partial charge in [0.05, 0.1) is 26.4 Å². The zero-order chi connectivity index (χ0) is 21.0. The highest BCUT2D eigenvalue weighted by atomic mass is 31.2. The summed E-state index contributed by atoms with van der Waals surface area (Å²) in [5, 5.41) is 1.07.